The summed E-state index contributed by atoms with van der Waals surface area (Å²) in [6.45, 7) is 3.82. The first-order valence-electron chi connectivity index (χ1n) is 5.55. The second kappa shape index (κ2) is 4.94. The number of hydrogen-bond acceptors (Lipinski definition) is 7. The van der Waals surface area contributed by atoms with Gasteiger partial charge in [0, 0.05) is 14.1 Å². The molecular weight excluding hydrogens is 234 g/mol. The molecule has 18 heavy (non-hydrogen) atoms. The monoisotopic (exact) mass is 249 g/mol. The Balaban J connectivity index is 2.44. The van der Waals surface area contributed by atoms with Crippen molar-refractivity contribution in [3.8, 4) is 17.5 Å². The Morgan fingerprint density at radius 2 is 2.06 bits per heavy atom. The van der Waals surface area contributed by atoms with E-state index in [0.717, 1.165) is 0 Å². The maximum absolute atomic E-state index is 5.48. The highest BCUT2D eigenvalue weighted by Gasteiger charge is 2.13. The van der Waals surface area contributed by atoms with Gasteiger partial charge in [0.15, 0.2) is 5.82 Å². The number of aryl methyl sites for hydroxylation is 1. The van der Waals surface area contributed by atoms with Gasteiger partial charge in [0.05, 0.1) is 12.3 Å². The number of anilines is 1. The van der Waals surface area contributed by atoms with Gasteiger partial charge in [-0.2, -0.15) is 15.0 Å². The summed E-state index contributed by atoms with van der Waals surface area (Å²) in [6.07, 6.45) is 1.59. The van der Waals surface area contributed by atoms with E-state index in [1.165, 1.54) is 0 Å². The third-order valence-electron chi connectivity index (χ3n) is 2.12. The predicted octanol–water partition coefficient (Wildman–Crippen LogP) is 0.496. The highest BCUT2D eigenvalue weighted by molar-refractivity contribution is 5.50. The molecule has 2 rings (SSSR count). The van der Waals surface area contributed by atoms with Crippen molar-refractivity contribution in [2.24, 2.45) is 7.05 Å². The van der Waals surface area contributed by atoms with Crippen LogP contribution in [0.4, 0.5) is 5.95 Å². The van der Waals surface area contributed by atoms with E-state index in [0.29, 0.717) is 17.5 Å². The van der Waals surface area contributed by atoms with Gasteiger partial charge >= 0.3 is 6.01 Å². The summed E-state index contributed by atoms with van der Waals surface area (Å²) < 4.78 is 7.07. The van der Waals surface area contributed by atoms with Crippen LogP contribution in [0.2, 0.25) is 0 Å². The fourth-order valence-electron chi connectivity index (χ4n) is 1.34. The van der Waals surface area contributed by atoms with E-state index in [4.69, 9.17) is 4.74 Å². The van der Waals surface area contributed by atoms with Crippen LogP contribution in [0.3, 0.4) is 0 Å². The number of nitrogens with zero attached hydrogens (tertiary/aromatic N) is 6. The maximum atomic E-state index is 5.48. The number of rotatable bonds is 4. The van der Waals surface area contributed by atoms with Gasteiger partial charge in [0.1, 0.15) is 5.69 Å². The van der Waals surface area contributed by atoms with Crippen LogP contribution in [0.25, 0.3) is 11.5 Å². The fraction of sp³-hybridized carbons (Fsp3) is 0.500. The first kappa shape index (κ1) is 12.2. The van der Waals surface area contributed by atoms with Crippen LogP contribution >= 0.6 is 0 Å². The van der Waals surface area contributed by atoms with E-state index in [2.05, 4.69) is 30.6 Å². The smallest absolute Gasteiger partial charge is 0.322 e. The number of nitrogens with one attached hydrogen (secondary N) is 1. The molecule has 0 aliphatic carbocycles. The minimum atomic E-state index is -0.00498. The number of ether oxygens (including phenoxy) is 1. The lowest BCUT2D eigenvalue weighted by molar-refractivity contribution is 0.222. The van der Waals surface area contributed by atoms with Gasteiger partial charge in [-0.3, -0.25) is 0 Å². The van der Waals surface area contributed by atoms with Crippen molar-refractivity contribution >= 4 is 5.95 Å². The van der Waals surface area contributed by atoms with Gasteiger partial charge < -0.3 is 10.1 Å². The minimum absolute atomic E-state index is 0.00498. The molecule has 0 fully saturated rings. The van der Waals surface area contributed by atoms with E-state index < -0.39 is 0 Å². The summed E-state index contributed by atoms with van der Waals surface area (Å²) in [5.74, 6) is 0.911. The van der Waals surface area contributed by atoms with Gasteiger partial charge in [-0.25, -0.2) is 4.68 Å². The molecule has 0 atom stereocenters. The molecule has 0 aliphatic rings. The van der Waals surface area contributed by atoms with Crippen LogP contribution in [-0.2, 0) is 7.05 Å². The minimum Gasteiger partial charge on any atom is -0.461 e. The van der Waals surface area contributed by atoms with E-state index in [1.54, 1.807) is 25.0 Å². The Morgan fingerprint density at radius 3 is 2.61 bits per heavy atom. The lowest BCUT2D eigenvalue weighted by atomic mass is 10.4. The summed E-state index contributed by atoms with van der Waals surface area (Å²) in [6, 6.07) is 0.278. The third kappa shape index (κ3) is 2.53. The van der Waals surface area contributed by atoms with Crippen molar-refractivity contribution in [2.75, 3.05) is 12.4 Å². The molecule has 0 radical (unpaired) electrons. The average molecular weight is 249 g/mol. The molecule has 0 unspecified atom stereocenters. The molecule has 96 valence electrons. The van der Waals surface area contributed by atoms with Crippen LogP contribution in [0.5, 0.6) is 6.01 Å². The average Bonchev–Trinajstić information content (AvgIpc) is 2.74. The zero-order chi connectivity index (χ0) is 13.1. The predicted molar refractivity (Wildman–Crippen MR) is 65.1 cm³/mol. The Labute approximate surface area is 104 Å². The summed E-state index contributed by atoms with van der Waals surface area (Å²) in [5.41, 5.74) is 0.697. The highest BCUT2D eigenvalue weighted by atomic mass is 16.5. The largest absolute Gasteiger partial charge is 0.461 e. The van der Waals surface area contributed by atoms with Crippen molar-refractivity contribution in [3.63, 3.8) is 0 Å². The molecule has 0 spiro atoms. The second-order valence-corrected chi connectivity index (χ2v) is 3.92. The van der Waals surface area contributed by atoms with E-state index in [1.807, 2.05) is 13.8 Å². The zero-order valence-corrected chi connectivity index (χ0v) is 10.7. The van der Waals surface area contributed by atoms with Crippen molar-refractivity contribution in [3.05, 3.63) is 6.20 Å². The first-order valence-corrected chi connectivity index (χ1v) is 5.55. The highest BCUT2D eigenvalue weighted by Crippen LogP contribution is 2.17. The Hall–Kier alpha value is -2.25. The van der Waals surface area contributed by atoms with Crippen LogP contribution < -0.4 is 10.1 Å². The molecule has 0 amide bonds. The molecular formula is C10H15N7O. The van der Waals surface area contributed by atoms with Crippen molar-refractivity contribution in [1.29, 1.82) is 0 Å². The van der Waals surface area contributed by atoms with Crippen LogP contribution in [0.1, 0.15) is 13.8 Å². The van der Waals surface area contributed by atoms with Gasteiger partial charge in [0.25, 0.3) is 0 Å². The molecule has 8 nitrogen and oxygen atoms in total. The molecule has 0 aromatic carbocycles. The summed E-state index contributed by atoms with van der Waals surface area (Å²) in [4.78, 5) is 12.6. The zero-order valence-electron chi connectivity index (χ0n) is 10.7. The normalized spacial score (nSPS) is 10.7. The first-order chi connectivity index (χ1) is 8.60. The number of aromatic nitrogens is 6. The molecule has 2 aromatic heterocycles. The number of hydrogen-bond donors (Lipinski definition) is 1. The Bertz CT molecular complexity index is 537. The standard InChI is InChI=1S/C10H15N7O/c1-6(2)18-10-14-8(13-9(11-3)15-10)7-5-12-16-17(7)4/h5-6H,1-4H3,(H,11,13,14,15). The SMILES string of the molecule is CNc1nc(OC(C)C)nc(-c2cnnn2C)n1. The molecule has 0 saturated carbocycles. The quantitative estimate of drug-likeness (QED) is 0.843. The van der Waals surface area contributed by atoms with Gasteiger partial charge in [-0.15, -0.1) is 5.10 Å². The van der Waals surface area contributed by atoms with Crippen LogP contribution in [0, 0.1) is 0 Å². The Kier molecular flexibility index (Phi) is 3.35. The lowest BCUT2D eigenvalue weighted by Gasteiger charge is -2.09. The molecule has 8 heteroatoms. The molecule has 1 N–H and O–H groups in total. The molecule has 0 bridgehead atoms. The topological polar surface area (TPSA) is 90.6 Å². The van der Waals surface area contributed by atoms with Crippen LogP contribution in [0.15, 0.2) is 6.20 Å². The summed E-state index contributed by atoms with van der Waals surface area (Å²) in [7, 11) is 3.51. The molecule has 0 saturated heterocycles. The van der Waals surface area contributed by atoms with E-state index >= 15 is 0 Å². The van der Waals surface area contributed by atoms with Crippen LogP contribution in [-0.4, -0.2) is 43.1 Å². The summed E-state index contributed by atoms with van der Waals surface area (Å²) >= 11 is 0. The van der Waals surface area contributed by atoms with Crippen molar-refractivity contribution in [2.45, 2.75) is 20.0 Å². The van der Waals surface area contributed by atoms with E-state index in [-0.39, 0.29) is 12.1 Å². The fourth-order valence-corrected chi connectivity index (χ4v) is 1.34. The molecule has 2 heterocycles. The molecule has 2 aromatic rings. The third-order valence-corrected chi connectivity index (χ3v) is 2.12. The van der Waals surface area contributed by atoms with Crippen molar-refractivity contribution < 1.29 is 4.74 Å². The van der Waals surface area contributed by atoms with E-state index in [9.17, 15) is 0 Å². The second-order valence-electron chi connectivity index (χ2n) is 3.92. The Morgan fingerprint density at radius 1 is 1.28 bits per heavy atom. The van der Waals surface area contributed by atoms with Gasteiger partial charge in [-0.05, 0) is 13.8 Å². The molecule has 0 aliphatic heterocycles. The maximum Gasteiger partial charge on any atom is 0.322 e. The van der Waals surface area contributed by atoms with Gasteiger partial charge in [0.2, 0.25) is 5.95 Å². The summed E-state index contributed by atoms with van der Waals surface area (Å²) in [5, 5.41) is 10.5. The lowest BCUT2D eigenvalue weighted by Crippen LogP contribution is -2.11. The van der Waals surface area contributed by atoms with Crippen molar-refractivity contribution in [1.82, 2.24) is 29.9 Å². The van der Waals surface area contributed by atoms with Gasteiger partial charge in [-0.1, -0.05) is 5.21 Å².